The van der Waals surface area contributed by atoms with Crippen molar-refractivity contribution in [2.45, 2.75) is 33.1 Å². The van der Waals surface area contributed by atoms with E-state index in [2.05, 4.69) is 10.3 Å². The van der Waals surface area contributed by atoms with Gasteiger partial charge in [-0.3, -0.25) is 0 Å². The molecule has 0 bridgehead atoms. The minimum atomic E-state index is -4.54. The molecule has 0 radical (unpaired) electrons. The number of aromatic nitrogens is 1. The van der Waals surface area contributed by atoms with Crippen LogP contribution in [0.1, 0.15) is 26.3 Å². The highest BCUT2D eigenvalue weighted by atomic mass is 35.5. The number of esters is 1. The Balaban J connectivity index is 2.07. The monoisotopic (exact) mass is 458 g/mol. The molecule has 2 aromatic rings. The van der Waals surface area contributed by atoms with E-state index in [1.807, 2.05) is 6.92 Å². The van der Waals surface area contributed by atoms with Crippen LogP contribution in [0.5, 0.6) is 17.4 Å². The maximum atomic E-state index is 12.7. The molecule has 0 aliphatic rings. The maximum absolute atomic E-state index is 12.7. The number of halogens is 4. The van der Waals surface area contributed by atoms with E-state index in [1.165, 1.54) is 6.08 Å². The number of ether oxygens (including phenoxy) is 3. The van der Waals surface area contributed by atoms with Crippen molar-refractivity contribution in [3.05, 3.63) is 58.9 Å². The van der Waals surface area contributed by atoms with E-state index in [4.69, 9.17) is 25.8 Å². The summed E-state index contributed by atoms with van der Waals surface area (Å²) in [6.45, 7) is 6.23. The van der Waals surface area contributed by atoms with E-state index in [0.29, 0.717) is 29.9 Å². The van der Waals surface area contributed by atoms with Crippen LogP contribution in [0.25, 0.3) is 0 Å². The fourth-order valence-corrected chi connectivity index (χ4v) is 2.65. The normalized spacial score (nSPS) is 12.8. The third-order valence-electron chi connectivity index (χ3n) is 3.86. The first-order valence-corrected chi connectivity index (χ1v) is 9.81. The smallest absolute Gasteiger partial charge is 0.417 e. The molecule has 0 aliphatic carbocycles. The quantitative estimate of drug-likeness (QED) is 0.402. The fourth-order valence-electron chi connectivity index (χ4n) is 2.45. The van der Waals surface area contributed by atoms with Gasteiger partial charge in [0, 0.05) is 18.8 Å². The lowest BCUT2D eigenvalue weighted by molar-refractivity contribution is -0.138. The summed E-state index contributed by atoms with van der Waals surface area (Å²) in [5.74, 6) is 0.171. The van der Waals surface area contributed by atoms with Crippen molar-refractivity contribution in [3.63, 3.8) is 0 Å². The molecule has 0 spiro atoms. The summed E-state index contributed by atoms with van der Waals surface area (Å²) >= 11 is 5.85. The van der Waals surface area contributed by atoms with Crippen LogP contribution in [0.4, 0.5) is 13.2 Å². The molecule has 1 heterocycles. The number of benzene rings is 1. The Morgan fingerprint density at radius 1 is 1.23 bits per heavy atom. The van der Waals surface area contributed by atoms with Crippen LogP contribution in [0.2, 0.25) is 5.02 Å². The van der Waals surface area contributed by atoms with Crippen molar-refractivity contribution in [2.75, 3.05) is 13.2 Å². The molecule has 31 heavy (non-hydrogen) atoms. The number of rotatable bonds is 9. The molecule has 10 heteroatoms. The number of alkyl halides is 3. The van der Waals surface area contributed by atoms with Gasteiger partial charge in [-0.1, -0.05) is 11.6 Å². The van der Waals surface area contributed by atoms with Gasteiger partial charge in [0.25, 0.3) is 0 Å². The average Bonchev–Trinajstić information content (AvgIpc) is 2.70. The Morgan fingerprint density at radius 2 is 1.87 bits per heavy atom. The van der Waals surface area contributed by atoms with Crippen LogP contribution >= 0.6 is 11.6 Å². The van der Waals surface area contributed by atoms with Crippen LogP contribution in [-0.4, -0.2) is 30.2 Å². The van der Waals surface area contributed by atoms with E-state index >= 15 is 0 Å². The summed E-state index contributed by atoms with van der Waals surface area (Å²) in [6, 6.07) is 7.08. The van der Waals surface area contributed by atoms with Crippen LogP contribution in [-0.2, 0) is 15.7 Å². The zero-order valence-electron chi connectivity index (χ0n) is 17.1. The summed E-state index contributed by atoms with van der Waals surface area (Å²) in [4.78, 5) is 15.3. The molecule has 0 saturated heterocycles. The number of pyridine rings is 1. The van der Waals surface area contributed by atoms with E-state index in [1.54, 1.807) is 38.1 Å². The molecule has 6 nitrogen and oxygen atoms in total. The van der Waals surface area contributed by atoms with E-state index in [-0.39, 0.29) is 17.5 Å². The molecule has 1 aromatic carbocycles. The Morgan fingerprint density at radius 3 is 2.42 bits per heavy atom. The zero-order valence-corrected chi connectivity index (χ0v) is 17.9. The molecule has 1 unspecified atom stereocenters. The number of nitrogens with one attached hydrogen (secondary N) is 1. The standard InChI is InChI=1S/C21H22ClF3N2O4/c1-4-26-18(11-19(28)29-5-2)13(3)30-15-6-8-16(9-7-15)31-20-17(22)10-14(12-27-20)21(23,24)25/h6-13,26H,4-5H2,1-3H3/b18-11-. The topological polar surface area (TPSA) is 69.7 Å². The predicted molar refractivity (Wildman–Crippen MR) is 109 cm³/mol. The molecule has 168 valence electrons. The van der Waals surface area contributed by atoms with Crippen LogP contribution in [0, 0.1) is 0 Å². The van der Waals surface area contributed by atoms with Gasteiger partial charge in [0.1, 0.15) is 22.6 Å². The molecule has 2 rings (SSSR count). The number of hydrogen-bond acceptors (Lipinski definition) is 6. The molecule has 1 aromatic heterocycles. The summed E-state index contributed by atoms with van der Waals surface area (Å²) < 4.78 is 54.3. The van der Waals surface area contributed by atoms with Crippen LogP contribution in [0.15, 0.2) is 48.3 Å². The summed E-state index contributed by atoms with van der Waals surface area (Å²) in [5, 5.41) is 2.80. The van der Waals surface area contributed by atoms with Crippen molar-refractivity contribution in [2.24, 2.45) is 0 Å². The maximum Gasteiger partial charge on any atom is 0.417 e. The van der Waals surface area contributed by atoms with Gasteiger partial charge < -0.3 is 19.5 Å². The van der Waals surface area contributed by atoms with Gasteiger partial charge in [-0.05, 0) is 51.1 Å². The van der Waals surface area contributed by atoms with Crippen molar-refractivity contribution < 1.29 is 32.2 Å². The molecule has 0 aliphatic heterocycles. The minimum Gasteiger partial charge on any atom is -0.485 e. The van der Waals surface area contributed by atoms with Gasteiger partial charge in [0.2, 0.25) is 5.88 Å². The predicted octanol–water partition coefficient (Wildman–Crippen LogP) is 5.37. The number of carbonyl (C=O) groups is 1. The first-order valence-electron chi connectivity index (χ1n) is 9.43. The summed E-state index contributed by atoms with van der Waals surface area (Å²) in [7, 11) is 0. The second-order valence-electron chi connectivity index (χ2n) is 6.22. The summed E-state index contributed by atoms with van der Waals surface area (Å²) in [5.41, 5.74) is -0.406. The van der Waals surface area contributed by atoms with Crippen LogP contribution < -0.4 is 14.8 Å². The Kier molecular flexibility index (Phi) is 8.56. The SMILES string of the molecule is CCN/C(=C\C(=O)OCC)C(C)Oc1ccc(Oc2ncc(C(F)(F)F)cc2Cl)cc1. The van der Waals surface area contributed by atoms with Crippen LogP contribution in [0.3, 0.4) is 0 Å². The highest BCUT2D eigenvalue weighted by Gasteiger charge is 2.31. The number of hydrogen-bond donors (Lipinski definition) is 1. The van der Waals surface area contributed by atoms with Crippen molar-refractivity contribution in [1.82, 2.24) is 10.3 Å². The lowest BCUT2D eigenvalue weighted by Crippen LogP contribution is -2.27. The highest BCUT2D eigenvalue weighted by Crippen LogP contribution is 2.34. The van der Waals surface area contributed by atoms with Gasteiger partial charge in [-0.15, -0.1) is 0 Å². The Hall–Kier alpha value is -2.94. The first-order chi connectivity index (χ1) is 14.6. The number of likely N-dealkylation sites (N-methyl/N-ethyl adjacent to an activating group) is 1. The zero-order chi connectivity index (χ0) is 23.0. The van der Waals surface area contributed by atoms with Crippen molar-refractivity contribution in [3.8, 4) is 17.4 Å². The van der Waals surface area contributed by atoms with Gasteiger partial charge >= 0.3 is 12.1 Å². The van der Waals surface area contributed by atoms with Gasteiger partial charge in [0.15, 0.2) is 0 Å². The third kappa shape index (κ3) is 7.36. The van der Waals surface area contributed by atoms with Gasteiger partial charge in [0.05, 0.1) is 17.9 Å². The number of nitrogens with zero attached hydrogens (tertiary/aromatic N) is 1. The molecular formula is C21H22ClF3N2O4. The number of carbonyl (C=O) groups excluding carboxylic acids is 1. The Bertz CT molecular complexity index is 918. The minimum absolute atomic E-state index is 0.150. The lowest BCUT2D eigenvalue weighted by Gasteiger charge is -2.19. The van der Waals surface area contributed by atoms with E-state index < -0.39 is 23.8 Å². The van der Waals surface area contributed by atoms with Gasteiger partial charge in [-0.25, -0.2) is 9.78 Å². The average molecular weight is 459 g/mol. The largest absolute Gasteiger partial charge is 0.485 e. The molecule has 0 saturated carbocycles. The van der Waals surface area contributed by atoms with E-state index in [9.17, 15) is 18.0 Å². The summed E-state index contributed by atoms with van der Waals surface area (Å²) in [6.07, 6.45) is -3.02. The molecule has 1 N–H and O–H groups in total. The Labute approximate surface area is 183 Å². The third-order valence-corrected chi connectivity index (χ3v) is 4.14. The fraction of sp³-hybridized carbons (Fsp3) is 0.333. The highest BCUT2D eigenvalue weighted by molar-refractivity contribution is 6.31. The van der Waals surface area contributed by atoms with Crippen molar-refractivity contribution >= 4 is 17.6 Å². The second-order valence-corrected chi connectivity index (χ2v) is 6.63. The van der Waals surface area contributed by atoms with Gasteiger partial charge in [-0.2, -0.15) is 13.2 Å². The molecule has 0 amide bonds. The van der Waals surface area contributed by atoms with E-state index in [0.717, 1.165) is 6.07 Å². The first kappa shape index (κ1) is 24.3. The second kappa shape index (κ2) is 10.9. The molecule has 0 fully saturated rings. The molecule has 1 atom stereocenters. The van der Waals surface area contributed by atoms with Crippen molar-refractivity contribution in [1.29, 1.82) is 0 Å². The lowest BCUT2D eigenvalue weighted by atomic mass is 10.2. The molecular weight excluding hydrogens is 437 g/mol.